The Bertz CT molecular complexity index is 1380. The molecule has 4 aromatic rings. The van der Waals surface area contributed by atoms with Gasteiger partial charge < -0.3 is 9.73 Å². The molecule has 33 heavy (non-hydrogen) atoms. The Balaban J connectivity index is 1.53. The van der Waals surface area contributed by atoms with E-state index in [0.717, 1.165) is 11.6 Å². The van der Waals surface area contributed by atoms with Crippen LogP contribution in [0.15, 0.2) is 74.7 Å². The number of aromatic nitrogens is 1. The topological polar surface area (TPSA) is 101 Å². The van der Waals surface area contributed by atoms with Crippen LogP contribution in [-0.4, -0.2) is 19.3 Å². The van der Waals surface area contributed by atoms with E-state index in [1.54, 1.807) is 31.2 Å². The van der Waals surface area contributed by atoms with Crippen molar-refractivity contribution < 1.29 is 22.0 Å². The molecule has 170 valence electrons. The highest BCUT2D eigenvalue weighted by molar-refractivity contribution is 7.92. The average Bonchev–Trinajstić information content (AvgIpc) is 3.42. The summed E-state index contributed by atoms with van der Waals surface area (Å²) in [6.07, 6.45) is 0.276. The van der Waals surface area contributed by atoms with E-state index in [1.807, 2.05) is 16.8 Å². The van der Waals surface area contributed by atoms with Gasteiger partial charge in [-0.05, 0) is 59.6 Å². The second-order valence-corrected chi connectivity index (χ2v) is 9.68. The number of thiophene rings is 1. The van der Waals surface area contributed by atoms with E-state index in [2.05, 4.69) is 15.0 Å². The number of para-hydroxylation sites is 1. The van der Waals surface area contributed by atoms with Crippen molar-refractivity contribution in [1.29, 1.82) is 0 Å². The molecule has 0 radical (unpaired) electrons. The van der Waals surface area contributed by atoms with Crippen molar-refractivity contribution in [3.05, 3.63) is 88.2 Å². The number of benzene rings is 2. The van der Waals surface area contributed by atoms with E-state index < -0.39 is 15.8 Å². The van der Waals surface area contributed by atoms with Crippen molar-refractivity contribution in [1.82, 2.24) is 10.3 Å². The molecular weight excluding hydrogens is 465 g/mol. The number of sulfonamides is 1. The maximum Gasteiger partial charge on any atom is 0.262 e. The summed E-state index contributed by atoms with van der Waals surface area (Å²) in [6, 6.07) is 13.2. The number of amides is 1. The Morgan fingerprint density at radius 1 is 1.15 bits per heavy atom. The van der Waals surface area contributed by atoms with Crippen molar-refractivity contribution in [2.45, 2.75) is 24.8 Å². The van der Waals surface area contributed by atoms with Crippen LogP contribution >= 0.6 is 11.3 Å². The van der Waals surface area contributed by atoms with Crippen LogP contribution in [0.2, 0.25) is 0 Å². The molecule has 10 heteroatoms. The minimum atomic E-state index is -4.03. The lowest BCUT2D eigenvalue weighted by Crippen LogP contribution is -2.24. The number of carbonyl (C=O) groups is 1. The standard InChI is InChI=1S/C23H20FN3O4S2/c1-15-21(13-25-22(28)11-16-9-10-32-14-16)26-23(31-15)19-7-2-3-8-20(19)27-33(29,30)18-6-4-5-17(24)12-18/h2-10,12,14,27H,11,13H2,1H3,(H,25,28). The lowest BCUT2D eigenvalue weighted by atomic mass is 10.2. The van der Waals surface area contributed by atoms with Crippen molar-refractivity contribution in [3.63, 3.8) is 0 Å². The number of oxazole rings is 1. The summed E-state index contributed by atoms with van der Waals surface area (Å²) in [7, 11) is -4.03. The van der Waals surface area contributed by atoms with E-state index in [4.69, 9.17) is 4.42 Å². The van der Waals surface area contributed by atoms with Crippen LogP contribution in [0.4, 0.5) is 10.1 Å². The smallest absolute Gasteiger partial charge is 0.262 e. The zero-order chi connectivity index (χ0) is 23.4. The second kappa shape index (κ2) is 9.55. The van der Waals surface area contributed by atoms with Crippen LogP contribution < -0.4 is 10.0 Å². The van der Waals surface area contributed by atoms with Crippen molar-refractivity contribution in [2.24, 2.45) is 0 Å². The quantitative estimate of drug-likeness (QED) is 0.382. The second-order valence-electron chi connectivity index (χ2n) is 7.22. The molecule has 0 spiro atoms. The molecule has 0 fully saturated rings. The number of nitrogens with one attached hydrogen (secondary N) is 2. The molecule has 7 nitrogen and oxygen atoms in total. The Morgan fingerprint density at radius 3 is 2.73 bits per heavy atom. The number of carbonyl (C=O) groups excluding carboxylic acids is 1. The fourth-order valence-corrected chi connectivity index (χ4v) is 4.91. The molecule has 0 atom stereocenters. The summed E-state index contributed by atoms with van der Waals surface area (Å²) >= 11 is 1.53. The van der Waals surface area contributed by atoms with Crippen LogP contribution in [-0.2, 0) is 27.8 Å². The van der Waals surface area contributed by atoms with Crippen molar-refractivity contribution in [2.75, 3.05) is 4.72 Å². The number of halogens is 1. The molecule has 4 rings (SSSR count). The maximum absolute atomic E-state index is 13.5. The van der Waals surface area contributed by atoms with Gasteiger partial charge in [-0.15, -0.1) is 0 Å². The summed E-state index contributed by atoms with van der Waals surface area (Å²) < 4.78 is 47.2. The Hall–Kier alpha value is -3.50. The van der Waals surface area contributed by atoms with E-state index in [1.165, 1.54) is 29.5 Å². The highest BCUT2D eigenvalue weighted by Crippen LogP contribution is 2.30. The molecule has 0 saturated heterocycles. The molecule has 2 N–H and O–H groups in total. The third-order valence-corrected chi connectivity index (χ3v) is 6.89. The molecule has 0 unspecified atom stereocenters. The first kappa shape index (κ1) is 22.7. The summed E-state index contributed by atoms with van der Waals surface area (Å²) in [5.41, 5.74) is 2.12. The molecule has 1 amide bonds. The van der Waals surface area contributed by atoms with Gasteiger partial charge in [-0.1, -0.05) is 18.2 Å². The summed E-state index contributed by atoms with van der Waals surface area (Å²) in [5.74, 6) is -0.0865. The molecule has 0 bridgehead atoms. The Labute approximate surface area is 194 Å². The molecule has 2 heterocycles. The van der Waals surface area contributed by atoms with Crippen LogP contribution in [0.3, 0.4) is 0 Å². The molecule has 2 aromatic carbocycles. The molecule has 0 saturated carbocycles. The number of aryl methyl sites for hydroxylation is 1. The SMILES string of the molecule is Cc1oc(-c2ccccc2NS(=O)(=O)c2cccc(F)c2)nc1CNC(=O)Cc1ccsc1. The Morgan fingerprint density at radius 2 is 1.97 bits per heavy atom. The van der Waals surface area contributed by atoms with E-state index in [0.29, 0.717) is 17.0 Å². The highest BCUT2D eigenvalue weighted by atomic mass is 32.2. The first-order chi connectivity index (χ1) is 15.8. The zero-order valence-electron chi connectivity index (χ0n) is 17.5. The van der Waals surface area contributed by atoms with Gasteiger partial charge >= 0.3 is 0 Å². The number of hydrogen-bond donors (Lipinski definition) is 2. The fraction of sp³-hybridized carbons (Fsp3) is 0.130. The monoisotopic (exact) mass is 485 g/mol. The molecular formula is C23H20FN3O4S2. The lowest BCUT2D eigenvalue weighted by molar-refractivity contribution is -0.120. The number of hydrogen-bond acceptors (Lipinski definition) is 6. The molecule has 0 aliphatic heterocycles. The van der Waals surface area contributed by atoms with Gasteiger partial charge in [0.15, 0.2) is 0 Å². The summed E-state index contributed by atoms with van der Waals surface area (Å²) in [4.78, 5) is 16.4. The van der Waals surface area contributed by atoms with Gasteiger partial charge in [-0.2, -0.15) is 11.3 Å². The first-order valence-electron chi connectivity index (χ1n) is 9.94. The summed E-state index contributed by atoms with van der Waals surface area (Å²) in [6.45, 7) is 1.89. The van der Waals surface area contributed by atoms with Gasteiger partial charge in [0.1, 0.15) is 17.3 Å². The minimum absolute atomic E-state index is 0.138. The van der Waals surface area contributed by atoms with Crippen molar-refractivity contribution >= 4 is 33.0 Å². The van der Waals surface area contributed by atoms with Crippen LogP contribution in [0.1, 0.15) is 17.0 Å². The van der Waals surface area contributed by atoms with E-state index >= 15 is 0 Å². The van der Waals surface area contributed by atoms with Gasteiger partial charge in [0.25, 0.3) is 10.0 Å². The third-order valence-electron chi connectivity index (χ3n) is 4.80. The van der Waals surface area contributed by atoms with Crippen molar-refractivity contribution in [3.8, 4) is 11.5 Å². The normalized spacial score (nSPS) is 11.3. The fourth-order valence-electron chi connectivity index (χ4n) is 3.13. The van der Waals surface area contributed by atoms with E-state index in [-0.39, 0.29) is 35.3 Å². The Kier molecular flexibility index (Phi) is 6.57. The van der Waals surface area contributed by atoms with Crippen LogP contribution in [0.25, 0.3) is 11.5 Å². The highest BCUT2D eigenvalue weighted by Gasteiger charge is 2.20. The lowest BCUT2D eigenvalue weighted by Gasteiger charge is -2.11. The van der Waals surface area contributed by atoms with Gasteiger partial charge in [-0.3, -0.25) is 9.52 Å². The zero-order valence-corrected chi connectivity index (χ0v) is 19.2. The van der Waals surface area contributed by atoms with Crippen LogP contribution in [0.5, 0.6) is 0 Å². The van der Waals surface area contributed by atoms with Crippen LogP contribution in [0, 0.1) is 12.7 Å². The maximum atomic E-state index is 13.5. The van der Waals surface area contributed by atoms with Gasteiger partial charge in [0.05, 0.1) is 29.1 Å². The molecule has 0 aliphatic rings. The van der Waals surface area contributed by atoms with Gasteiger partial charge in [0, 0.05) is 0 Å². The minimum Gasteiger partial charge on any atom is -0.441 e. The largest absolute Gasteiger partial charge is 0.441 e. The number of rotatable bonds is 8. The predicted octanol–water partition coefficient (Wildman–Crippen LogP) is 4.51. The molecule has 2 aromatic heterocycles. The molecule has 0 aliphatic carbocycles. The third kappa shape index (κ3) is 5.47. The first-order valence-corrected chi connectivity index (χ1v) is 12.4. The number of anilines is 1. The van der Waals surface area contributed by atoms with E-state index in [9.17, 15) is 17.6 Å². The summed E-state index contributed by atoms with van der Waals surface area (Å²) in [5, 5.41) is 6.65. The average molecular weight is 486 g/mol. The number of nitrogens with zero attached hydrogens (tertiary/aromatic N) is 1. The predicted molar refractivity (Wildman–Crippen MR) is 124 cm³/mol. The van der Waals surface area contributed by atoms with Gasteiger partial charge in [-0.25, -0.2) is 17.8 Å². The van der Waals surface area contributed by atoms with Gasteiger partial charge in [0.2, 0.25) is 11.8 Å².